The fourth-order valence-corrected chi connectivity index (χ4v) is 3.53. The van der Waals surface area contributed by atoms with E-state index < -0.39 is 0 Å². The molecule has 0 spiro atoms. The minimum atomic E-state index is -0.259. The molecule has 0 fully saturated rings. The van der Waals surface area contributed by atoms with Gasteiger partial charge in [0, 0.05) is 12.1 Å². The summed E-state index contributed by atoms with van der Waals surface area (Å²) in [4.78, 5) is 17.4. The van der Waals surface area contributed by atoms with E-state index >= 15 is 0 Å². The number of carbonyl (C=O) groups is 1. The minimum absolute atomic E-state index is 0.122. The van der Waals surface area contributed by atoms with Gasteiger partial charge in [0.15, 0.2) is 0 Å². The van der Waals surface area contributed by atoms with Crippen LogP contribution in [0.25, 0.3) is 11.0 Å². The van der Waals surface area contributed by atoms with E-state index in [-0.39, 0.29) is 11.7 Å². The Morgan fingerprint density at radius 3 is 2.55 bits per heavy atom. The van der Waals surface area contributed by atoms with Crippen molar-refractivity contribution in [2.75, 3.05) is 0 Å². The van der Waals surface area contributed by atoms with Crippen molar-refractivity contribution in [2.24, 2.45) is 0 Å². The van der Waals surface area contributed by atoms with E-state index in [4.69, 9.17) is 4.98 Å². The lowest BCUT2D eigenvalue weighted by molar-refractivity contribution is 0.0949. The first-order valence-corrected chi connectivity index (χ1v) is 9.55. The molecule has 1 aromatic heterocycles. The van der Waals surface area contributed by atoms with Crippen molar-refractivity contribution >= 4 is 16.9 Å². The second-order valence-electron chi connectivity index (χ2n) is 7.23. The van der Waals surface area contributed by atoms with Gasteiger partial charge in [0.25, 0.3) is 5.91 Å². The molecule has 3 aromatic carbocycles. The van der Waals surface area contributed by atoms with Crippen LogP contribution in [0.5, 0.6) is 0 Å². The zero-order valence-corrected chi connectivity index (χ0v) is 16.4. The van der Waals surface area contributed by atoms with Gasteiger partial charge in [0.2, 0.25) is 0 Å². The first kappa shape index (κ1) is 18.9. The van der Waals surface area contributed by atoms with Gasteiger partial charge in [-0.1, -0.05) is 42.0 Å². The molecule has 4 rings (SSSR count). The predicted octanol–water partition coefficient (Wildman–Crippen LogP) is 4.77. The summed E-state index contributed by atoms with van der Waals surface area (Å²) < 4.78 is 15.3. The van der Waals surface area contributed by atoms with Gasteiger partial charge in [-0.2, -0.15) is 0 Å². The first-order chi connectivity index (χ1) is 14.0. The Kier molecular flexibility index (Phi) is 5.12. The van der Waals surface area contributed by atoms with E-state index in [0.717, 1.165) is 33.5 Å². The molecule has 1 heterocycles. The lowest BCUT2D eigenvalue weighted by Crippen LogP contribution is -2.25. The lowest BCUT2D eigenvalue weighted by atomic mass is 10.1. The summed E-state index contributed by atoms with van der Waals surface area (Å²) in [5.41, 5.74) is 5.55. The van der Waals surface area contributed by atoms with Crippen LogP contribution in [-0.4, -0.2) is 15.5 Å². The van der Waals surface area contributed by atoms with Gasteiger partial charge in [-0.15, -0.1) is 0 Å². The topological polar surface area (TPSA) is 46.9 Å². The molecule has 146 valence electrons. The van der Waals surface area contributed by atoms with Gasteiger partial charge in [-0.25, -0.2) is 9.37 Å². The molecule has 1 N–H and O–H groups in total. The van der Waals surface area contributed by atoms with Crippen molar-refractivity contribution < 1.29 is 9.18 Å². The van der Waals surface area contributed by atoms with E-state index in [1.165, 1.54) is 12.1 Å². The number of benzene rings is 3. The van der Waals surface area contributed by atoms with Gasteiger partial charge in [-0.05, 0) is 55.3 Å². The molecular weight excluding hydrogens is 365 g/mol. The summed E-state index contributed by atoms with van der Waals surface area (Å²) >= 11 is 0. The number of para-hydroxylation sites is 2. The number of nitrogens with zero attached hydrogens (tertiary/aromatic N) is 2. The zero-order chi connectivity index (χ0) is 20.4. The molecule has 0 unspecified atom stereocenters. The molecule has 0 atom stereocenters. The molecule has 5 heteroatoms. The van der Waals surface area contributed by atoms with Crippen LogP contribution in [0.1, 0.15) is 32.9 Å². The summed E-state index contributed by atoms with van der Waals surface area (Å²) in [6, 6.07) is 20.1. The number of amides is 1. The largest absolute Gasteiger partial charge is 0.345 e. The van der Waals surface area contributed by atoms with E-state index in [9.17, 15) is 9.18 Å². The Morgan fingerprint density at radius 1 is 1.03 bits per heavy atom. The van der Waals surface area contributed by atoms with Gasteiger partial charge in [-0.3, -0.25) is 4.79 Å². The Labute approximate surface area is 169 Å². The Balaban J connectivity index is 1.61. The number of rotatable bonds is 5. The third-order valence-corrected chi connectivity index (χ3v) is 5.02. The summed E-state index contributed by atoms with van der Waals surface area (Å²) in [7, 11) is 0. The maximum atomic E-state index is 13.3. The molecule has 0 bridgehead atoms. The molecule has 0 radical (unpaired) electrons. The third kappa shape index (κ3) is 4.04. The maximum absolute atomic E-state index is 13.3. The highest BCUT2D eigenvalue weighted by Crippen LogP contribution is 2.19. The molecular formula is C24H22FN3O. The summed E-state index contributed by atoms with van der Waals surface area (Å²) in [6.45, 7) is 4.80. The Morgan fingerprint density at radius 2 is 1.79 bits per heavy atom. The first-order valence-electron chi connectivity index (χ1n) is 9.55. The summed E-state index contributed by atoms with van der Waals surface area (Å²) in [5.74, 6) is 0.377. The highest BCUT2D eigenvalue weighted by atomic mass is 19.1. The van der Waals surface area contributed by atoms with Crippen LogP contribution in [0.15, 0.2) is 66.7 Å². The van der Waals surface area contributed by atoms with Crippen LogP contribution in [0.2, 0.25) is 0 Å². The smallest absolute Gasteiger partial charge is 0.251 e. The van der Waals surface area contributed by atoms with Crippen LogP contribution < -0.4 is 5.32 Å². The van der Waals surface area contributed by atoms with Crippen molar-refractivity contribution in [3.8, 4) is 0 Å². The van der Waals surface area contributed by atoms with Crippen LogP contribution >= 0.6 is 0 Å². The van der Waals surface area contributed by atoms with E-state index in [2.05, 4.69) is 9.88 Å². The van der Waals surface area contributed by atoms with Crippen LogP contribution in [0, 0.1) is 19.7 Å². The Bertz CT molecular complexity index is 1180. The van der Waals surface area contributed by atoms with Crippen molar-refractivity contribution in [2.45, 2.75) is 26.9 Å². The molecule has 1 amide bonds. The van der Waals surface area contributed by atoms with Gasteiger partial charge >= 0.3 is 0 Å². The van der Waals surface area contributed by atoms with Gasteiger partial charge in [0.05, 0.1) is 17.6 Å². The van der Waals surface area contributed by atoms with E-state index in [1.807, 2.05) is 56.3 Å². The van der Waals surface area contributed by atoms with Crippen molar-refractivity contribution in [1.82, 2.24) is 14.9 Å². The van der Waals surface area contributed by atoms with Crippen LogP contribution in [0.4, 0.5) is 4.39 Å². The number of fused-ring (bicyclic) bond motifs is 1. The lowest BCUT2D eigenvalue weighted by Gasteiger charge is -2.12. The highest BCUT2D eigenvalue weighted by Gasteiger charge is 2.14. The maximum Gasteiger partial charge on any atom is 0.251 e. The minimum Gasteiger partial charge on any atom is -0.345 e. The van der Waals surface area contributed by atoms with Crippen LogP contribution in [0.3, 0.4) is 0 Å². The molecule has 0 aliphatic carbocycles. The number of hydrogen-bond acceptors (Lipinski definition) is 2. The molecule has 29 heavy (non-hydrogen) atoms. The second kappa shape index (κ2) is 7.87. The zero-order valence-electron chi connectivity index (χ0n) is 16.4. The number of imidazole rings is 1. The van der Waals surface area contributed by atoms with Crippen molar-refractivity contribution in [3.05, 3.63) is 101 Å². The molecule has 0 saturated carbocycles. The van der Waals surface area contributed by atoms with Crippen molar-refractivity contribution in [3.63, 3.8) is 0 Å². The summed E-state index contributed by atoms with van der Waals surface area (Å²) in [5, 5.41) is 2.99. The van der Waals surface area contributed by atoms with Gasteiger partial charge < -0.3 is 9.88 Å². The molecule has 0 aliphatic rings. The normalized spacial score (nSPS) is 11.0. The van der Waals surface area contributed by atoms with Crippen LogP contribution in [-0.2, 0) is 13.1 Å². The fourth-order valence-electron chi connectivity index (χ4n) is 3.53. The number of hydrogen-bond donors (Lipinski definition) is 1. The Hall–Kier alpha value is -3.47. The third-order valence-electron chi connectivity index (χ3n) is 5.02. The number of nitrogens with one attached hydrogen (secondary N) is 1. The molecule has 4 aromatic rings. The number of aryl methyl sites for hydroxylation is 2. The quantitative estimate of drug-likeness (QED) is 0.536. The molecule has 0 aliphatic heterocycles. The predicted molar refractivity (Wildman–Crippen MR) is 112 cm³/mol. The van der Waals surface area contributed by atoms with Crippen molar-refractivity contribution in [1.29, 1.82) is 0 Å². The standard InChI is InChI=1S/C24H22FN3O/c1-16-7-12-20(17(2)13-16)24(29)26-14-23-27-21-5-3-4-6-22(21)28(23)15-18-8-10-19(25)11-9-18/h3-13H,14-15H2,1-2H3,(H,26,29). The van der Waals surface area contributed by atoms with E-state index in [0.29, 0.717) is 18.7 Å². The fraction of sp³-hybridized carbons (Fsp3) is 0.167. The SMILES string of the molecule is Cc1ccc(C(=O)NCc2nc3ccccc3n2Cc2ccc(F)cc2)c(C)c1. The number of aromatic nitrogens is 2. The van der Waals surface area contributed by atoms with E-state index in [1.54, 1.807) is 12.1 Å². The molecule has 0 saturated heterocycles. The monoisotopic (exact) mass is 387 g/mol. The highest BCUT2D eigenvalue weighted by molar-refractivity contribution is 5.95. The number of carbonyl (C=O) groups excluding carboxylic acids is 1. The molecule has 4 nitrogen and oxygen atoms in total. The number of halogens is 1. The average molecular weight is 387 g/mol. The average Bonchev–Trinajstić information content (AvgIpc) is 3.05. The van der Waals surface area contributed by atoms with Gasteiger partial charge in [0.1, 0.15) is 11.6 Å². The summed E-state index contributed by atoms with van der Waals surface area (Å²) in [6.07, 6.45) is 0. The second-order valence-corrected chi connectivity index (χ2v) is 7.23.